The Morgan fingerprint density at radius 1 is 1.17 bits per heavy atom. The fraction of sp³-hybridized carbons (Fsp3) is 0.412. The Morgan fingerprint density at radius 2 is 1.96 bits per heavy atom. The van der Waals surface area contributed by atoms with Gasteiger partial charge in [-0.3, -0.25) is 4.90 Å². The van der Waals surface area contributed by atoms with E-state index in [1.165, 1.54) is 0 Å². The maximum absolute atomic E-state index is 11.7. The molecule has 1 unspecified atom stereocenters. The third-order valence-corrected chi connectivity index (χ3v) is 5.94. The average Bonchev–Trinajstić information content (AvgIpc) is 3.14. The van der Waals surface area contributed by atoms with E-state index >= 15 is 0 Å². The second kappa shape index (κ2) is 6.86. The summed E-state index contributed by atoms with van der Waals surface area (Å²) in [4.78, 5) is 2.00. The van der Waals surface area contributed by atoms with Crippen LogP contribution in [0.5, 0.6) is 0 Å². The van der Waals surface area contributed by atoms with Crippen molar-refractivity contribution in [1.82, 2.24) is 4.90 Å². The Kier molecular flexibility index (Phi) is 4.84. The highest BCUT2D eigenvalue weighted by Gasteiger charge is 2.32. The van der Waals surface area contributed by atoms with Crippen molar-refractivity contribution in [2.45, 2.75) is 19.0 Å². The molecule has 0 aliphatic carbocycles. The van der Waals surface area contributed by atoms with E-state index in [2.05, 4.69) is 0 Å². The molecule has 2 aromatic rings. The van der Waals surface area contributed by atoms with Crippen LogP contribution in [0.25, 0.3) is 11.3 Å². The van der Waals surface area contributed by atoms with Crippen LogP contribution in [0.2, 0.25) is 0 Å². The van der Waals surface area contributed by atoms with Crippen LogP contribution >= 0.6 is 0 Å². The molecule has 1 atom stereocenters. The molecular weight excluding hydrogens is 314 g/mol. The minimum Gasteiger partial charge on any atom is -0.460 e. The van der Waals surface area contributed by atoms with Gasteiger partial charge in [-0.15, -0.1) is 0 Å². The van der Waals surface area contributed by atoms with Crippen molar-refractivity contribution >= 4 is 9.84 Å². The summed E-state index contributed by atoms with van der Waals surface area (Å²) in [5.74, 6) is 1.97. The van der Waals surface area contributed by atoms with Crippen LogP contribution in [0, 0.1) is 0 Å². The number of aliphatic hydroxyl groups excluding tert-OH is 1. The quantitative estimate of drug-likeness (QED) is 0.873. The topological polar surface area (TPSA) is 70.8 Å². The van der Waals surface area contributed by atoms with Gasteiger partial charge < -0.3 is 9.52 Å². The lowest BCUT2D eigenvalue weighted by Gasteiger charge is -2.26. The first-order chi connectivity index (χ1) is 11.1. The highest BCUT2D eigenvalue weighted by molar-refractivity contribution is 7.91. The first kappa shape index (κ1) is 16.2. The summed E-state index contributed by atoms with van der Waals surface area (Å²) in [6, 6.07) is 13.6. The summed E-state index contributed by atoms with van der Waals surface area (Å²) >= 11 is 0. The van der Waals surface area contributed by atoms with E-state index < -0.39 is 9.84 Å². The van der Waals surface area contributed by atoms with Gasteiger partial charge >= 0.3 is 0 Å². The molecule has 3 rings (SSSR count). The third-order valence-electron chi connectivity index (χ3n) is 4.19. The van der Waals surface area contributed by atoms with Crippen molar-refractivity contribution in [3.05, 3.63) is 48.2 Å². The van der Waals surface area contributed by atoms with Gasteiger partial charge in [0.2, 0.25) is 0 Å². The van der Waals surface area contributed by atoms with E-state index in [0.29, 0.717) is 19.5 Å². The molecule has 0 saturated carbocycles. The highest BCUT2D eigenvalue weighted by Crippen LogP contribution is 2.24. The SMILES string of the molecule is O=S1(=O)CCC(N(CCO)Cc2ccc(-c3ccccc3)o2)C1. The molecule has 0 bridgehead atoms. The summed E-state index contributed by atoms with van der Waals surface area (Å²) in [6.45, 7) is 0.956. The van der Waals surface area contributed by atoms with E-state index in [9.17, 15) is 13.5 Å². The van der Waals surface area contributed by atoms with Crippen LogP contribution < -0.4 is 0 Å². The van der Waals surface area contributed by atoms with E-state index in [1.807, 2.05) is 47.4 Å². The molecule has 1 fully saturated rings. The van der Waals surface area contributed by atoms with Crippen molar-refractivity contribution in [1.29, 1.82) is 0 Å². The molecule has 1 N–H and O–H groups in total. The van der Waals surface area contributed by atoms with Gasteiger partial charge in [0.15, 0.2) is 9.84 Å². The second-order valence-electron chi connectivity index (χ2n) is 5.88. The molecule has 1 aliphatic rings. The molecule has 1 saturated heterocycles. The Morgan fingerprint density at radius 3 is 2.61 bits per heavy atom. The Labute approximate surface area is 136 Å². The first-order valence-corrected chi connectivity index (χ1v) is 9.59. The third kappa shape index (κ3) is 4.02. The Bertz CT molecular complexity index is 739. The monoisotopic (exact) mass is 335 g/mol. The van der Waals surface area contributed by atoms with Crippen molar-refractivity contribution in [2.24, 2.45) is 0 Å². The second-order valence-corrected chi connectivity index (χ2v) is 8.11. The van der Waals surface area contributed by atoms with E-state index in [4.69, 9.17) is 4.42 Å². The number of furan rings is 1. The zero-order valence-corrected chi connectivity index (χ0v) is 13.7. The van der Waals surface area contributed by atoms with Gasteiger partial charge in [-0.1, -0.05) is 30.3 Å². The maximum atomic E-state index is 11.7. The van der Waals surface area contributed by atoms with Gasteiger partial charge in [0.05, 0.1) is 24.7 Å². The van der Waals surface area contributed by atoms with Crippen LogP contribution in [-0.4, -0.2) is 49.1 Å². The molecule has 5 nitrogen and oxygen atoms in total. The summed E-state index contributed by atoms with van der Waals surface area (Å²) in [7, 11) is -2.94. The fourth-order valence-corrected chi connectivity index (χ4v) is 4.76. The van der Waals surface area contributed by atoms with Crippen molar-refractivity contribution in [3.8, 4) is 11.3 Å². The minimum atomic E-state index is -2.94. The first-order valence-electron chi connectivity index (χ1n) is 7.77. The Balaban J connectivity index is 1.72. The molecule has 0 amide bonds. The molecule has 1 aromatic carbocycles. The maximum Gasteiger partial charge on any atom is 0.151 e. The number of hydrogen-bond acceptors (Lipinski definition) is 5. The van der Waals surface area contributed by atoms with Crippen molar-refractivity contribution < 1.29 is 17.9 Å². The smallest absolute Gasteiger partial charge is 0.151 e. The number of nitrogens with zero attached hydrogens (tertiary/aromatic N) is 1. The summed E-state index contributed by atoms with van der Waals surface area (Å²) < 4.78 is 29.2. The summed E-state index contributed by atoms with van der Waals surface area (Å²) in [6.07, 6.45) is 0.620. The molecule has 0 spiro atoms. The molecule has 1 aliphatic heterocycles. The summed E-state index contributed by atoms with van der Waals surface area (Å²) in [5, 5.41) is 9.27. The molecule has 2 heterocycles. The predicted molar refractivity (Wildman–Crippen MR) is 88.7 cm³/mol. The predicted octanol–water partition coefficient (Wildman–Crippen LogP) is 1.93. The lowest BCUT2D eigenvalue weighted by atomic mass is 10.2. The van der Waals surface area contributed by atoms with Crippen LogP contribution in [0.15, 0.2) is 46.9 Å². The van der Waals surface area contributed by atoms with Gasteiger partial charge in [0.1, 0.15) is 11.5 Å². The fourth-order valence-electron chi connectivity index (χ4n) is 3.00. The van der Waals surface area contributed by atoms with Gasteiger partial charge in [-0.05, 0) is 18.6 Å². The lowest BCUT2D eigenvalue weighted by Crippen LogP contribution is -2.37. The molecule has 6 heteroatoms. The standard InChI is InChI=1S/C17H21NO4S/c19-10-9-18(15-8-11-23(20,21)13-15)12-16-6-7-17(22-16)14-4-2-1-3-5-14/h1-7,15,19H,8-13H2. The van der Waals surface area contributed by atoms with E-state index in [1.54, 1.807) is 0 Å². The minimum absolute atomic E-state index is 0.00278. The van der Waals surface area contributed by atoms with Gasteiger partial charge in [-0.25, -0.2) is 8.42 Å². The van der Waals surface area contributed by atoms with Gasteiger partial charge in [-0.2, -0.15) is 0 Å². The van der Waals surface area contributed by atoms with E-state index in [0.717, 1.165) is 17.1 Å². The van der Waals surface area contributed by atoms with Crippen LogP contribution in [0.3, 0.4) is 0 Å². The number of benzene rings is 1. The van der Waals surface area contributed by atoms with Gasteiger partial charge in [0.25, 0.3) is 0 Å². The van der Waals surface area contributed by atoms with Crippen LogP contribution in [0.4, 0.5) is 0 Å². The molecule has 0 radical (unpaired) electrons. The van der Waals surface area contributed by atoms with Crippen molar-refractivity contribution in [2.75, 3.05) is 24.7 Å². The molecule has 23 heavy (non-hydrogen) atoms. The molecular formula is C17H21NO4S. The van der Waals surface area contributed by atoms with Crippen LogP contribution in [-0.2, 0) is 16.4 Å². The zero-order valence-electron chi connectivity index (χ0n) is 12.9. The van der Waals surface area contributed by atoms with Gasteiger partial charge in [0, 0.05) is 18.2 Å². The number of aliphatic hydroxyl groups is 1. The molecule has 124 valence electrons. The normalized spacial score (nSPS) is 20.2. The van der Waals surface area contributed by atoms with Crippen LogP contribution in [0.1, 0.15) is 12.2 Å². The highest BCUT2D eigenvalue weighted by atomic mass is 32.2. The Hall–Kier alpha value is -1.63. The average molecular weight is 335 g/mol. The molecule has 1 aromatic heterocycles. The van der Waals surface area contributed by atoms with Crippen molar-refractivity contribution in [3.63, 3.8) is 0 Å². The number of sulfone groups is 1. The zero-order chi connectivity index (χ0) is 16.3. The number of rotatable bonds is 6. The number of hydrogen-bond donors (Lipinski definition) is 1. The summed E-state index contributed by atoms with van der Waals surface area (Å²) in [5.41, 5.74) is 1.01. The lowest BCUT2D eigenvalue weighted by molar-refractivity contribution is 0.145. The van der Waals surface area contributed by atoms with E-state index in [-0.39, 0.29) is 24.2 Å². The largest absolute Gasteiger partial charge is 0.460 e.